The molecule has 5 aliphatic heterocycles. The highest BCUT2D eigenvalue weighted by Crippen LogP contribution is 2.41. The molecule has 0 aliphatic carbocycles. The maximum Gasteiger partial charge on any atom is 0.331 e. The minimum absolute atomic E-state index is 0.0476. The maximum atomic E-state index is 12.9. The van der Waals surface area contributed by atoms with Crippen LogP contribution in [0.15, 0.2) is 85.1 Å². The average molecular weight is 923 g/mol. The van der Waals surface area contributed by atoms with Crippen molar-refractivity contribution in [2.75, 3.05) is 0 Å². The fourth-order valence-electron chi connectivity index (χ4n) is 10.1. The lowest BCUT2D eigenvalue weighted by molar-refractivity contribution is -0.340. The molecule has 0 spiro atoms. The number of carbonyl (C=O) groups is 2. The smallest absolute Gasteiger partial charge is 0.331 e. The maximum absolute atomic E-state index is 12.9. The molecule has 0 saturated carbocycles. The van der Waals surface area contributed by atoms with E-state index >= 15 is 0 Å². The van der Waals surface area contributed by atoms with Gasteiger partial charge in [-0.25, -0.2) is 4.79 Å². The van der Waals surface area contributed by atoms with Gasteiger partial charge in [0, 0.05) is 76.2 Å². The van der Waals surface area contributed by atoms with Crippen molar-refractivity contribution >= 4 is 11.9 Å². The van der Waals surface area contributed by atoms with Crippen LogP contribution in [0.3, 0.4) is 0 Å². The Bertz CT molecular complexity index is 1780. The highest BCUT2D eigenvalue weighted by Gasteiger charge is 2.46. The van der Waals surface area contributed by atoms with E-state index in [1.165, 1.54) is 13.0 Å². The van der Waals surface area contributed by atoms with Gasteiger partial charge in [0.1, 0.15) is 12.2 Å². The Morgan fingerprint density at radius 1 is 0.561 bits per heavy atom. The second-order valence-corrected chi connectivity index (χ2v) is 21.0. The molecule has 5 aliphatic rings. The zero-order valence-electron chi connectivity index (χ0n) is 42.1. The van der Waals surface area contributed by atoms with Crippen molar-refractivity contribution in [1.29, 1.82) is 0 Å². The predicted molar refractivity (Wildman–Crippen MR) is 255 cm³/mol. The van der Waals surface area contributed by atoms with E-state index in [0.717, 1.165) is 0 Å². The van der Waals surface area contributed by atoms with Crippen molar-refractivity contribution in [2.24, 2.45) is 17.8 Å². The zero-order chi connectivity index (χ0) is 48.3. The van der Waals surface area contributed by atoms with Crippen LogP contribution in [-0.2, 0) is 57.0 Å². The number of cyclic esters (lactones) is 1. The molecule has 12 atom stereocenters. The SMILES string of the molecule is CC(=O)O[C@H]1C/C=C/C=C/C=C/C=C/C=C/C=C/C(=O)O[C@H](C(C)C)[C@@H](C)/C=C/[C@H]2C[C@@H](C[C@H]3C[C@H](C[C@H]4C[C@H](C[C@@H]5C[C@@H](OC(C)(C)O5)[C@@H]1C)OC(C)(C)O4)OC(C)(C)O3)OC(C)(C)O2. The molecule has 8 bridgehead atoms. The van der Waals surface area contributed by atoms with Gasteiger partial charge in [-0.15, -0.1) is 0 Å². The molecule has 0 amide bonds. The fourth-order valence-corrected chi connectivity index (χ4v) is 10.1. The average Bonchev–Trinajstić information content (AvgIpc) is 3.17. The quantitative estimate of drug-likeness (QED) is 0.193. The molecule has 0 aromatic heterocycles. The highest BCUT2D eigenvalue weighted by atomic mass is 16.7. The number of ether oxygens (including phenoxy) is 10. The van der Waals surface area contributed by atoms with E-state index < -0.39 is 23.1 Å². The number of hydrogen-bond donors (Lipinski definition) is 0. The Balaban J connectivity index is 1.36. The van der Waals surface area contributed by atoms with E-state index in [-0.39, 0.29) is 90.7 Å². The molecule has 12 nitrogen and oxygen atoms in total. The monoisotopic (exact) mass is 923 g/mol. The molecule has 4 fully saturated rings. The molecule has 12 heteroatoms. The lowest BCUT2D eigenvalue weighted by Crippen LogP contribution is -2.52. The van der Waals surface area contributed by atoms with Gasteiger partial charge in [0.2, 0.25) is 0 Å². The summed E-state index contributed by atoms with van der Waals surface area (Å²) >= 11 is 0. The summed E-state index contributed by atoms with van der Waals surface area (Å²) in [5.74, 6) is -4.03. The number of rotatable bonds is 2. The summed E-state index contributed by atoms with van der Waals surface area (Å²) in [6, 6.07) is 0. The Hall–Kier alpha value is -3.20. The van der Waals surface area contributed by atoms with E-state index in [1.807, 2.05) is 110 Å². The van der Waals surface area contributed by atoms with E-state index in [4.69, 9.17) is 47.4 Å². The fraction of sp³-hybridized carbons (Fsp3) is 0.704. The second kappa shape index (κ2) is 23.9. The standard InChI is InChI=1S/C54H82O12/c1-36(2)50-37(3)27-28-40-29-41(60-51(6,7)59-40)30-42-31-43(62-52(8,9)61-42)32-44-33-45(64-53(10,11)63-44)34-46-35-48(66-54(12,13)65-46)38(4)47(57-39(5)55)25-23-21-19-17-15-14-16-18-20-22-24-26-49(56)58-50/h14-24,26-28,36-38,40-48,50H,25,29-35H2,1-13H3/b15-14+,18-16+,19-17+,22-20+,23-21+,26-24+,28-27+/t37-,38+,40-,41-,42-,43+,44-,45+,46+,47-,48+,50+/m0/s1. The van der Waals surface area contributed by atoms with Gasteiger partial charge in [-0.05, 0) is 61.3 Å². The topological polar surface area (TPSA) is 126 Å². The third-order valence-corrected chi connectivity index (χ3v) is 12.5. The van der Waals surface area contributed by atoms with Gasteiger partial charge in [0.25, 0.3) is 0 Å². The number of esters is 2. The molecule has 5 rings (SSSR count). The first kappa shape index (κ1) is 53.8. The number of allylic oxidation sites excluding steroid dienone is 10. The molecule has 370 valence electrons. The third kappa shape index (κ3) is 18.0. The van der Waals surface area contributed by atoms with Crippen LogP contribution in [0.1, 0.15) is 141 Å². The van der Waals surface area contributed by atoms with E-state index in [2.05, 4.69) is 39.8 Å². The van der Waals surface area contributed by atoms with Gasteiger partial charge in [-0.2, -0.15) is 0 Å². The number of carbonyl (C=O) groups excluding carboxylic acids is 2. The molecular formula is C54H82O12. The molecule has 4 saturated heterocycles. The van der Waals surface area contributed by atoms with E-state index in [1.54, 1.807) is 12.2 Å². The normalized spacial score (nSPS) is 40.3. The third-order valence-electron chi connectivity index (χ3n) is 12.5. The second-order valence-electron chi connectivity index (χ2n) is 21.0. The van der Waals surface area contributed by atoms with Gasteiger partial charge in [0.05, 0.1) is 48.8 Å². The van der Waals surface area contributed by atoms with Crippen molar-refractivity contribution in [3.05, 3.63) is 85.1 Å². The molecule has 0 aromatic carbocycles. The first-order valence-corrected chi connectivity index (χ1v) is 24.4. The Morgan fingerprint density at radius 2 is 0.970 bits per heavy atom. The van der Waals surface area contributed by atoms with Crippen LogP contribution in [0.25, 0.3) is 0 Å². The first-order chi connectivity index (χ1) is 31.0. The molecule has 0 aromatic rings. The lowest BCUT2D eigenvalue weighted by Gasteiger charge is -2.48. The zero-order valence-corrected chi connectivity index (χ0v) is 42.1. The summed E-state index contributed by atoms with van der Waals surface area (Å²) < 4.78 is 64.2. The van der Waals surface area contributed by atoms with Crippen molar-refractivity contribution in [3.8, 4) is 0 Å². The van der Waals surface area contributed by atoms with Crippen LogP contribution >= 0.6 is 0 Å². The van der Waals surface area contributed by atoms with E-state index in [9.17, 15) is 9.59 Å². The van der Waals surface area contributed by atoms with Crippen LogP contribution < -0.4 is 0 Å². The van der Waals surface area contributed by atoms with Crippen molar-refractivity contribution in [2.45, 2.75) is 226 Å². The van der Waals surface area contributed by atoms with Gasteiger partial charge in [0.15, 0.2) is 23.1 Å². The van der Waals surface area contributed by atoms with E-state index in [0.29, 0.717) is 51.4 Å². The van der Waals surface area contributed by atoms with Crippen LogP contribution in [0.4, 0.5) is 0 Å². The Kier molecular flexibility index (Phi) is 19.5. The Labute approximate surface area is 396 Å². The molecule has 66 heavy (non-hydrogen) atoms. The summed E-state index contributed by atoms with van der Waals surface area (Å²) in [6.45, 7) is 25.4. The minimum Gasteiger partial charge on any atom is -0.462 e. The van der Waals surface area contributed by atoms with Crippen molar-refractivity contribution in [1.82, 2.24) is 0 Å². The molecule has 0 unspecified atom stereocenters. The van der Waals surface area contributed by atoms with Crippen LogP contribution in [0, 0.1) is 17.8 Å². The largest absolute Gasteiger partial charge is 0.462 e. The van der Waals surface area contributed by atoms with Crippen LogP contribution in [0.5, 0.6) is 0 Å². The molecule has 5 heterocycles. The minimum atomic E-state index is -0.845. The summed E-state index contributed by atoms with van der Waals surface area (Å²) in [7, 11) is 0. The van der Waals surface area contributed by atoms with Gasteiger partial charge >= 0.3 is 11.9 Å². The predicted octanol–water partition coefficient (Wildman–Crippen LogP) is 10.9. The lowest BCUT2D eigenvalue weighted by atomic mass is 9.88. The summed E-state index contributed by atoms with van der Waals surface area (Å²) in [4.78, 5) is 25.2. The van der Waals surface area contributed by atoms with Crippen LogP contribution in [0.2, 0.25) is 0 Å². The highest BCUT2D eigenvalue weighted by molar-refractivity contribution is 5.82. The summed E-state index contributed by atoms with van der Waals surface area (Å²) in [5.41, 5.74) is 0. The Morgan fingerprint density at radius 3 is 1.44 bits per heavy atom. The van der Waals surface area contributed by atoms with Gasteiger partial charge in [-0.1, -0.05) is 107 Å². The van der Waals surface area contributed by atoms with Crippen molar-refractivity contribution in [3.63, 3.8) is 0 Å². The number of fused-ring (bicyclic) bond motifs is 8. The van der Waals surface area contributed by atoms with Gasteiger partial charge in [-0.3, -0.25) is 4.79 Å². The molecule has 0 radical (unpaired) electrons. The first-order valence-electron chi connectivity index (χ1n) is 24.4. The molecule has 0 N–H and O–H groups in total. The summed E-state index contributed by atoms with van der Waals surface area (Å²) in [5, 5.41) is 0. The van der Waals surface area contributed by atoms with Gasteiger partial charge < -0.3 is 47.4 Å². The number of hydrogen-bond acceptors (Lipinski definition) is 12. The van der Waals surface area contributed by atoms with Crippen LogP contribution in [-0.4, -0.2) is 96.1 Å². The summed E-state index contributed by atoms with van der Waals surface area (Å²) in [6.07, 6.45) is 29.8. The molecular weight excluding hydrogens is 841 g/mol. The van der Waals surface area contributed by atoms with Crippen molar-refractivity contribution < 1.29 is 57.0 Å².